The Bertz CT molecular complexity index is 4040. The van der Waals surface area contributed by atoms with Crippen LogP contribution in [-0.2, 0) is 104 Å². The Morgan fingerprint density at radius 1 is 0.192 bits per heavy atom. The molecule has 0 aromatic carbocycles. The standard InChI is InChI=1S/C26H40N2O2.C22H32N2O2.C20H28N2O2.C18H24N2O2.8C2H4O2.8ClH.4Pt/c1-3-5-7-9-11-13-19-29-23-15-17-27-25(21-23)26-22-24(16-18-28-26)30-20-14-12-10-8-6-4-2;1-3-5-7-9-15-25-19-11-13-23-21(17-19)22-18-20(12-14-24-22)26-16-10-8-6-4-2;1-3-5-7-13-23-17-9-11-21-19(15-17)20-16-18(10-12-22-20)24-14-8-6-4-2;1-3-5-11-21-15-7-9-19-17(13-15)18-14-16(8-10-20-18)22-12-6-4-2;8*1-2(3)4;;;;;;;;;;;;/h15-18,21-22H,3-14,19-20H2,1-2H3;11-14,17-18H,3-10,15-16H2,1-2H3;9-12,15-16H,3-8,13-14H2,1-2H3;7-10,13-14H,3-6,11-12H2,1-2H3;8*1H3,(H,3,4);8*1H;;;;/q;;;;;;;;;;;;;;;;;;;;4*+2/p-8. The molecule has 0 unspecified atom stereocenters. The van der Waals surface area contributed by atoms with E-state index in [1.165, 1.54) is 128 Å². The fourth-order valence-corrected chi connectivity index (χ4v) is 10.5. The zero-order valence-corrected chi connectivity index (χ0v) is 102. The van der Waals surface area contributed by atoms with E-state index in [0.29, 0.717) is 0 Å². The number of ether oxygens (including phenoxy) is 8. The van der Waals surface area contributed by atoms with E-state index in [4.69, 9.17) is 192 Å². The first-order chi connectivity index (χ1) is 69.8. The first kappa shape index (κ1) is 154. The fourth-order valence-electron chi connectivity index (χ4n) is 10.5. The number of hydrogen-bond acceptors (Lipinski definition) is 24. The number of halogens is 8. The summed E-state index contributed by atoms with van der Waals surface area (Å²) in [4.78, 5) is 107. The fraction of sp³-hybridized carbons (Fsp3) is 0.529. The molecule has 0 aliphatic carbocycles. The number of aromatic nitrogens is 8. The van der Waals surface area contributed by atoms with Crippen LogP contribution < -0.4 is 37.9 Å². The van der Waals surface area contributed by atoms with Crippen LogP contribution in [0.15, 0.2) is 147 Å². The molecule has 0 atom stereocenters. The van der Waals surface area contributed by atoms with E-state index in [-0.39, 0.29) is 0 Å². The Morgan fingerprint density at radius 2 is 0.281 bits per heavy atom. The first-order valence-corrected chi connectivity index (χ1v) is 70.0. The summed E-state index contributed by atoms with van der Waals surface area (Å²) >= 11 is -1.89. The maximum atomic E-state index is 9.00. The van der Waals surface area contributed by atoms with E-state index in [9.17, 15) is 0 Å². The number of carboxylic acids is 8. The van der Waals surface area contributed by atoms with E-state index in [0.717, 1.165) is 264 Å². The maximum absolute atomic E-state index is 9.00. The van der Waals surface area contributed by atoms with Gasteiger partial charge in [-0.2, -0.15) is 0 Å². The SMILES string of the molecule is CC(=O)O.CC(=O)O.CC(=O)O.CC(=O)O.CC(=O)O.CC(=O)O.CC(=O)O.CC(=O)O.CCCCCCCCOc1ccnc(-c2cc(OCCCCCCCC)ccn2)c1.CCCCCCOc1ccnc(-c2cc(OCCCCCC)ccn2)c1.CCCCCOc1ccnc(-c2cc(OCCCCC)ccn2)c1.CCCCOc1ccnc(-c2cc(OCCCC)ccn2)c1.[Cl][Pt][Cl].[Cl][Pt][Cl].[Cl][Pt][Cl].[Cl][Pt][Cl]. The molecule has 0 bridgehead atoms. The van der Waals surface area contributed by atoms with Gasteiger partial charge in [0.1, 0.15) is 46.0 Å². The van der Waals surface area contributed by atoms with Crippen LogP contribution in [-0.4, -0.2) is 181 Å². The van der Waals surface area contributed by atoms with Gasteiger partial charge in [0.25, 0.3) is 47.8 Å². The molecule has 844 valence electrons. The molecule has 0 saturated carbocycles. The molecule has 44 heteroatoms. The van der Waals surface area contributed by atoms with E-state index in [1.54, 1.807) is 49.6 Å². The molecule has 0 aliphatic rings. The van der Waals surface area contributed by atoms with E-state index >= 15 is 0 Å². The molecule has 8 heterocycles. The molecule has 8 N–H and O–H groups in total. The van der Waals surface area contributed by atoms with E-state index < -0.39 is 114 Å². The van der Waals surface area contributed by atoms with Crippen molar-refractivity contribution in [3.63, 3.8) is 0 Å². The molecule has 0 saturated heterocycles. The minimum absolute atomic E-state index is 0.472. The summed E-state index contributed by atoms with van der Waals surface area (Å²) in [5, 5.41) is 59.3. The Kier molecular flexibility index (Phi) is 126. The predicted octanol–water partition coefficient (Wildman–Crippen LogP) is 29.7. The Morgan fingerprint density at radius 3 is 0.404 bits per heavy atom. The van der Waals surface area contributed by atoms with Crippen molar-refractivity contribution in [3.05, 3.63) is 147 Å². The number of pyridine rings is 8. The molecule has 0 spiro atoms. The number of carboxylic acid groups (broad SMARTS) is 8. The second-order valence-corrected chi connectivity index (χ2v) is 43.0. The predicted molar refractivity (Wildman–Crippen MR) is 571 cm³/mol. The molecule has 146 heavy (non-hydrogen) atoms. The molecule has 8 aromatic heterocycles. The van der Waals surface area contributed by atoms with Crippen molar-refractivity contribution in [1.29, 1.82) is 0 Å². The number of rotatable bonds is 50. The van der Waals surface area contributed by atoms with Gasteiger partial charge in [0.2, 0.25) is 0 Å². The normalized spacial score (nSPS) is 9.42. The third kappa shape index (κ3) is 123. The zero-order chi connectivity index (χ0) is 112. The second kappa shape index (κ2) is 119. The van der Waals surface area contributed by atoms with Crippen LogP contribution in [0.4, 0.5) is 0 Å². The number of nitrogens with zero attached hydrogens (tertiary/aromatic N) is 8. The van der Waals surface area contributed by atoms with Crippen LogP contribution in [0.5, 0.6) is 46.0 Å². The van der Waals surface area contributed by atoms with Crippen LogP contribution in [0.3, 0.4) is 0 Å². The van der Waals surface area contributed by atoms with E-state index in [2.05, 4.69) is 95.3 Å². The minimum atomic E-state index is -0.833. The summed E-state index contributed by atoms with van der Waals surface area (Å²) in [5.41, 5.74) is 6.48. The zero-order valence-electron chi connectivity index (χ0n) is 86.7. The van der Waals surface area contributed by atoms with Gasteiger partial charge in [-0.05, 0) is 99.9 Å². The summed E-state index contributed by atoms with van der Waals surface area (Å²) in [7, 11) is 39.0. The molecule has 8 aromatic rings. The van der Waals surface area contributed by atoms with Gasteiger partial charge >= 0.3 is 141 Å². The summed E-state index contributed by atoms with van der Waals surface area (Å²) in [6.45, 7) is 32.2. The first-order valence-electron chi connectivity index (χ1n) is 47.4. The Hall–Kier alpha value is -7.57. The summed E-state index contributed by atoms with van der Waals surface area (Å²) in [5.74, 6) is 0.0790. The van der Waals surface area contributed by atoms with Crippen LogP contribution >= 0.6 is 75.3 Å². The van der Waals surface area contributed by atoms with Gasteiger partial charge in [-0.3, -0.25) is 78.2 Å². The molecule has 0 aliphatic heterocycles. The van der Waals surface area contributed by atoms with Crippen molar-refractivity contribution < 1.29 is 183 Å². The second-order valence-electron chi connectivity index (χ2n) is 29.9. The quantitative estimate of drug-likeness (QED) is 0.0164. The third-order valence-electron chi connectivity index (χ3n) is 16.5. The van der Waals surface area contributed by atoms with Gasteiger partial charge in [0.15, 0.2) is 0 Å². The van der Waals surface area contributed by atoms with Gasteiger partial charge in [-0.1, -0.05) is 197 Å². The Balaban J connectivity index is -0.000000255. The van der Waals surface area contributed by atoms with E-state index in [1.807, 2.05) is 97.1 Å². The van der Waals surface area contributed by atoms with Crippen LogP contribution in [0.25, 0.3) is 45.6 Å². The topological polar surface area (TPSA) is 475 Å². The average molecular weight is 2940 g/mol. The van der Waals surface area contributed by atoms with Gasteiger partial charge in [0, 0.05) is 153 Å². The summed E-state index contributed by atoms with van der Waals surface area (Å²) in [6, 6.07) is 30.7. The van der Waals surface area contributed by atoms with Gasteiger partial charge in [-0.15, -0.1) is 0 Å². The van der Waals surface area contributed by atoms with Gasteiger partial charge < -0.3 is 78.7 Å². The average Bonchev–Trinajstić information content (AvgIpc) is 0.862. The van der Waals surface area contributed by atoms with Crippen molar-refractivity contribution in [2.75, 3.05) is 52.9 Å². The number of carbonyl (C=O) groups is 8. The molecule has 0 fully saturated rings. The molecule has 32 nitrogen and oxygen atoms in total. The van der Waals surface area contributed by atoms with Crippen LogP contribution in [0, 0.1) is 0 Å². The van der Waals surface area contributed by atoms with Crippen molar-refractivity contribution in [2.24, 2.45) is 0 Å². The number of unbranched alkanes of at least 4 members (excludes halogenated alkanes) is 22. The Labute approximate surface area is 931 Å². The monoisotopic (exact) mass is 2940 g/mol. The van der Waals surface area contributed by atoms with Crippen LogP contribution in [0.2, 0.25) is 0 Å². The molecular formula is C102H156Cl8N8O24Pt4. The van der Waals surface area contributed by atoms with Gasteiger partial charge in [-0.25, -0.2) is 0 Å². The number of aliphatic carboxylic acids is 8. The summed E-state index contributed by atoms with van der Waals surface area (Å²) < 4.78 is 46.6. The molecule has 0 amide bonds. The third-order valence-corrected chi connectivity index (χ3v) is 16.5. The van der Waals surface area contributed by atoms with Crippen molar-refractivity contribution in [3.8, 4) is 91.5 Å². The van der Waals surface area contributed by atoms with Crippen molar-refractivity contribution >= 4 is 123 Å². The van der Waals surface area contributed by atoms with Gasteiger partial charge in [0.05, 0.1) is 98.4 Å². The molecule has 0 radical (unpaired) electrons. The molecule has 8 rings (SSSR count). The molecular weight excluding hydrogens is 2790 g/mol. The van der Waals surface area contributed by atoms with Crippen LogP contribution in [0.1, 0.15) is 303 Å². The number of hydrogen-bond donors (Lipinski definition) is 8. The summed E-state index contributed by atoms with van der Waals surface area (Å²) in [6.07, 6.45) is 50.2. The van der Waals surface area contributed by atoms with Crippen molar-refractivity contribution in [2.45, 2.75) is 303 Å². The van der Waals surface area contributed by atoms with Crippen molar-refractivity contribution in [1.82, 2.24) is 39.9 Å².